The summed E-state index contributed by atoms with van der Waals surface area (Å²) in [6.07, 6.45) is 3.75. The molecule has 0 aromatic carbocycles. The minimum absolute atomic E-state index is 0.527. The highest BCUT2D eigenvalue weighted by atomic mass is 14.9. The van der Waals surface area contributed by atoms with Crippen molar-refractivity contribution in [3.63, 3.8) is 0 Å². The molecule has 0 bridgehead atoms. The third-order valence-electron chi connectivity index (χ3n) is 0.680. The Morgan fingerprint density at radius 2 is 1.88 bits per heavy atom. The van der Waals surface area contributed by atoms with Gasteiger partial charge in [0.15, 0.2) is 0 Å². The summed E-state index contributed by atoms with van der Waals surface area (Å²) in [6.45, 7) is 4.19. The second-order valence-corrected chi connectivity index (χ2v) is 1.94. The largest absolute Gasteiger partial charge is 0.393 e. The molecule has 0 aliphatic heterocycles. The minimum Gasteiger partial charge on any atom is -0.393 e. The van der Waals surface area contributed by atoms with Crippen LogP contribution < -0.4 is 10.6 Å². The van der Waals surface area contributed by atoms with Crippen molar-refractivity contribution >= 4 is 0 Å². The van der Waals surface area contributed by atoms with Gasteiger partial charge in [-0.1, -0.05) is 0 Å². The van der Waals surface area contributed by atoms with Crippen LogP contribution in [0.3, 0.4) is 0 Å². The molecule has 0 rings (SSSR count). The maximum absolute atomic E-state index is 3.10. The molecule has 0 radical (unpaired) electrons. The molecule has 0 saturated carbocycles. The summed E-state index contributed by atoms with van der Waals surface area (Å²) < 4.78 is 0. The van der Waals surface area contributed by atoms with Crippen LogP contribution in [0.2, 0.25) is 0 Å². The first-order valence-electron chi connectivity index (χ1n) is 2.85. The maximum atomic E-state index is 3.10. The SMILES string of the molecule is CN/C=C\NC(C)C. The van der Waals surface area contributed by atoms with E-state index in [1.807, 2.05) is 19.4 Å². The molecule has 2 N–H and O–H groups in total. The molecule has 0 spiro atoms. The van der Waals surface area contributed by atoms with E-state index in [0.717, 1.165) is 0 Å². The zero-order chi connectivity index (χ0) is 6.41. The summed E-state index contributed by atoms with van der Waals surface area (Å²) in [5, 5.41) is 5.98. The molecule has 0 unspecified atom stereocenters. The first-order chi connectivity index (χ1) is 3.77. The van der Waals surface area contributed by atoms with Crippen molar-refractivity contribution in [2.75, 3.05) is 7.05 Å². The molecular formula is C6H14N2. The van der Waals surface area contributed by atoms with Crippen LogP contribution in [0.15, 0.2) is 12.4 Å². The zero-order valence-electron chi connectivity index (χ0n) is 5.73. The normalized spacial score (nSPS) is 10.5. The number of nitrogens with one attached hydrogen (secondary N) is 2. The van der Waals surface area contributed by atoms with Crippen LogP contribution in [0.25, 0.3) is 0 Å². The molecular weight excluding hydrogens is 100 g/mol. The van der Waals surface area contributed by atoms with E-state index >= 15 is 0 Å². The van der Waals surface area contributed by atoms with Crippen molar-refractivity contribution < 1.29 is 0 Å². The fourth-order valence-electron chi connectivity index (χ4n) is 0.324. The summed E-state index contributed by atoms with van der Waals surface area (Å²) in [5.74, 6) is 0. The fourth-order valence-corrected chi connectivity index (χ4v) is 0.324. The molecule has 0 atom stereocenters. The van der Waals surface area contributed by atoms with Gasteiger partial charge in [-0.3, -0.25) is 0 Å². The first-order valence-corrected chi connectivity index (χ1v) is 2.85. The van der Waals surface area contributed by atoms with Crippen LogP contribution in [-0.4, -0.2) is 13.1 Å². The molecule has 0 heterocycles. The molecule has 2 nitrogen and oxygen atoms in total. The summed E-state index contributed by atoms with van der Waals surface area (Å²) >= 11 is 0. The van der Waals surface area contributed by atoms with Gasteiger partial charge in [-0.2, -0.15) is 0 Å². The number of hydrogen-bond acceptors (Lipinski definition) is 2. The quantitative estimate of drug-likeness (QED) is 0.563. The third kappa shape index (κ3) is 5.34. The van der Waals surface area contributed by atoms with Crippen molar-refractivity contribution in [3.05, 3.63) is 12.4 Å². The first kappa shape index (κ1) is 7.34. The molecule has 0 amide bonds. The smallest absolute Gasteiger partial charge is 0.0199 e. The Hall–Kier alpha value is -0.660. The Morgan fingerprint density at radius 3 is 2.25 bits per heavy atom. The van der Waals surface area contributed by atoms with Crippen LogP contribution in [-0.2, 0) is 0 Å². The van der Waals surface area contributed by atoms with Crippen molar-refractivity contribution in [2.45, 2.75) is 19.9 Å². The highest BCUT2D eigenvalue weighted by Gasteiger charge is 1.80. The lowest BCUT2D eigenvalue weighted by molar-refractivity contribution is 0.699. The Bertz CT molecular complexity index is 66.9. The third-order valence-corrected chi connectivity index (χ3v) is 0.680. The van der Waals surface area contributed by atoms with E-state index in [1.54, 1.807) is 0 Å². The van der Waals surface area contributed by atoms with Gasteiger partial charge in [-0.15, -0.1) is 0 Å². The Morgan fingerprint density at radius 1 is 1.25 bits per heavy atom. The van der Waals surface area contributed by atoms with E-state index in [1.165, 1.54) is 0 Å². The second kappa shape index (κ2) is 4.50. The van der Waals surface area contributed by atoms with E-state index in [9.17, 15) is 0 Å². The highest BCUT2D eigenvalue weighted by molar-refractivity contribution is 4.76. The lowest BCUT2D eigenvalue weighted by Crippen LogP contribution is -2.16. The van der Waals surface area contributed by atoms with Crippen LogP contribution in [0, 0.1) is 0 Å². The van der Waals surface area contributed by atoms with E-state index in [0.29, 0.717) is 6.04 Å². The van der Waals surface area contributed by atoms with Crippen LogP contribution in [0.5, 0.6) is 0 Å². The van der Waals surface area contributed by atoms with Crippen LogP contribution in [0.4, 0.5) is 0 Å². The van der Waals surface area contributed by atoms with Gasteiger partial charge >= 0.3 is 0 Å². The van der Waals surface area contributed by atoms with Gasteiger partial charge < -0.3 is 10.6 Å². The van der Waals surface area contributed by atoms with Crippen molar-refractivity contribution in [1.82, 2.24) is 10.6 Å². The summed E-state index contributed by atoms with van der Waals surface area (Å²) in [5.41, 5.74) is 0. The van der Waals surface area contributed by atoms with Crippen LogP contribution in [0.1, 0.15) is 13.8 Å². The predicted molar refractivity (Wildman–Crippen MR) is 36.5 cm³/mol. The molecule has 2 heteroatoms. The standard InChI is InChI=1S/C6H14N2/c1-6(2)8-5-4-7-3/h4-8H,1-3H3/b5-4-. The van der Waals surface area contributed by atoms with Gasteiger partial charge in [0.25, 0.3) is 0 Å². The highest BCUT2D eigenvalue weighted by Crippen LogP contribution is 1.73. The molecule has 0 aromatic heterocycles. The molecule has 0 aliphatic rings. The Balaban J connectivity index is 3.03. The van der Waals surface area contributed by atoms with Crippen molar-refractivity contribution in [2.24, 2.45) is 0 Å². The Labute approximate surface area is 51.0 Å². The monoisotopic (exact) mass is 114 g/mol. The molecule has 8 heavy (non-hydrogen) atoms. The van der Waals surface area contributed by atoms with Gasteiger partial charge in [0, 0.05) is 25.5 Å². The average Bonchev–Trinajstić information content (AvgIpc) is 1.66. The molecule has 0 fully saturated rings. The second-order valence-electron chi connectivity index (χ2n) is 1.94. The summed E-state index contributed by atoms with van der Waals surface area (Å²) in [4.78, 5) is 0. The fraction of sp³-hybridized carbons (Fsp3) is 0.667. The lowest BCUT2D eigenvalue weighted by Gasteiger charge is -2.01. The average molecular weight is 114 g/mol. The molecule has 0 aromatic rings. The Kier molecular flexibility index (Phi) is 4.13. The maximum Gasteiger partial charge on any atom is 0.0199 e. The van der Waals surface area contributed by atoms with Gasteiger partial charge in [-0.05, 0) is 13.8 Å². The summed E-state index contributed by atoms with van der Waals surface area (Å²) in [7, 11) is 1.87. The summed E-state index contributed by atoms with van der Waals surface area (Å²) in [6, 6.07) is 0.527. The topological polar surface area (TPSA) is 24.1 Å². The van der Waals surface area contributed by atoms with E-state index in [2.05, 4.69) is 24.5 Å². The van der Waals surface area contributed by atoms with Gasteiger partial charge in [-0.25, -0.2) is 0 Å². The lowest BCUT2D eigenvalue weighted by atomic mass is 10.4. The van der Waals surface area contributed by atoms with Crippen LogP contribution >= 0.6 is 0 Å². The molecule has 48 valence electrons. The number of hydrogen-bond donors (Lipinski definition) is 2. The van der Waals surface area contributed by atoms with E-state index in [-0.39, 0.29) is 0 Å². The van der Waals surface area contributed by atoms with Crippen molar-refractivity contribution in [3.8, 4) is 0 Å². The minimum atomic E-state index is 0.527. The number of rotatable bonds is 3. The van der Waals surface area contributed by atoms with Gasteiger partial charge in [0.05, 0.1) is 0 Å². The van der Waals surface area contributed by atoms with E-state index in [4.69, 9.17) is 0 Å². The van der Waals surface area contributed by atoms with E-state index < -0.39 is 0 Å². The van der Waals surface area contributed by atoms with Crippen molar-refractivity contribution in [1.29, 1.82) is 0 Å². The zero-order valence-corrected chi connectivity index (χ0v) is 5.73. The van der Waals surface area contributed by atoms with Gasteiger partial charge in [0.2, 0.25) is 0 Å². The molecule has 0 saturated heterocycles. The molecule has 0 aliphatic carbocycles. The van der Waals surface area contributed by atoms with Gasteiger partial charge in [0.1, 0.15) is 0 Å². The predicted octanol–water partition coefficient (Wildman–Crippen LogP) is 0.675.